The second-order valence-electron chi connectivity index (χ2n) is 5.10. The fraction of sp³-hybridized carbons (Fsp3) is 0.600. The first kappa shape index (κ1) is 13.5. The Bertz CT molecular complexity index is 350. The first-order valence-electron chi connectivity index (χ1n) is 6.84. The van der Waals surface area contributed by atoms with Crippen molar-refractivity contribution in [3.63, 3.8) is 0 Å². The molecule has 1 aliphatic rings. The minimum absolute atomic E-state index is 0.0962. The van der Waals surface area contributed by atoms with Gasteiger partial charge in [-0.1, -0.05) is 37.1 Å². The molecule has 18 heavy (non-hydrogen) atoms. The van der Waals surface area contributed by atoms with Crippen LogP contribution in [-0.2, 0) is 18.0 Å². The number of rotatable bonds is 5. The van der Waals surface area contributed by atoms with E-state index < -0.39 is 0 Å². The summed E-state index contributed by atoms with van der Waals surface area (Å²) in [4.78, 5) is 0. The third-order valence-electron chi connectivity index (χ3n) is 3.81. The number of ether oxygens (including phenoxy) is 1. The fourth-order valence-corrected chi connectivity index (χ4v) is 2.61. The Hall–Kier alpha value is -0.900. The summed E-state index contributed by atoms with van der Waals surface area (Å²) in [5.41, 5.74) is 7.89. The van der Waals surface area contributed by atoms with E-state index in [1.807, 2.05) is 24.3 Å². The normalized spacial score (nSPS) is 24.1. The molecule has 3 heteroatoms. The van der Waals surface area contributed by atoms with Crippen LogP contribution in [0.2, 0.25) is 0 Å². The van der Waals surface area contributed by atoms with Crippen molar-refractivity contribution in [1.82, 2.24) is 0 Å². The molecule has 2 unspecified atom stereocenters. The first-order chi connectivity index (χ1) is 8.83. The second-order valence-corrected chi connectivity index (χ2v) is 5.10. The van der Waals surface area contributed by atoms with Crippen LogP contribution in [0.4, 0.5) is 0 Å². The lowest BCUT2D eigenvalue weighted by molar-refractivity contribution is -0.0183. The van der Waals surface area contributed by atoms with Crippen molar-refractivity contribution in [2.24, 2.45) is 11.7 Å². The summed E-state index contributed by atoms with van der Waals surface area (Å²) in [7, 11) is 0. The molecule has 2 rings (SSSR count). The quantitative estimate of drug-likeness (QED) is 0.841. The number of nitrogens with two attached hydrogens (primary N) is 1. The van der Waals surface area contributed by atoms with Crippen molar-refractivity contribution >= 4 is 0 Å². The lowest BCUT2D eigenvalue weighted by Gasteiger charge is -2.30. The van der Waals surface area contributed by atoms with Gasteiger partial charge in [0.25, 0.3) is 0 Å². The van der Waals surface area contributed by atoms with Gasteiger partial charge < -0.3 is 15.6 Å². The molecule has 0 aliphatic heterocycles. The van der Waals surface area contributed by atoms with Gasteiger partial charge in [0.05, 0.1) is 19.3 Å². The molecule has 1 aliphatic carbocycles. The summed E-state index contributed by atoms with van der Waals surface area (Å²) in [6, 6.07) is 7.93. The van der Waals surface area contributed by atoms with Gasteiger partial charge in [0.15, 0.2) is 0 Å². The first-order valence-corrected chi connectivity index (χ1v) is 6.84. The van der Waals surface area contributed by atoms with Gasteiger partial charge in [-0.05, 0) is 36.4 Å². The highest BCUT2D eigenvalue weighted by Gasteiger charge is 2.24. The zero-order valence-corrected chi connectivity index (χ0v) is 10.8. The van der Waals surface area contributed by atoms with E-state index in [0.717, 1.165) is 24.1 Å². The smallest absolute Gasteiger partial charge is 0.0720 e. The van der Waals surface area contributed by atoms with Crippen molar-refractivity contribution < 1.29 is 9.84 Å². The van der Waals surface area contributed by atoms with E-state index in [2.05, 4.69) is 0 Å². The predicted molar refractivity (Wildman–Crippen MR) is 72.0 cm³/mol. The van der Waals surface area contributed by atoms with E-state index in [1.165, 1.54) is 19.3 Å². The summed E-state index contributed by atoms with van der Waals surface area (Å²) < 4.78 is 6.00. The van der Waals surface area contributed by atoms with Crippen molar-refractivity contribution in [1.29, 1.82) is 0 Å². The fourth-order valence-electron chi connectivity index (χ4n) is 2.61. The van der Waals surface area contributed by atoms with Gasteiger partial charge in [-0.3, -0.25) is 0 Å². The number of hydrogen-bond donors (Lipinski definition) is 2. The van der Waals surface area contributed by atoms with Crippen LogP contribution in [0.5, 0.6) is 0 Å². The molecule has 1 fully saturated rings. The Morgan fingerprint density at radius 1 is 1.11 bits per heavy atom. The zero-order chi connectivity index (χ0) is 12.8. The molecular weight excluding hydrogens is 226 g/mol. The van der Waals surface area contributed by atoms with Crippen molar-refractivity contribution in [2.45, 2.75) is 45.0 Å². The van der Waals surface area contributed by atoms with Crippen LogP contribution >= 0.6 is 0 Å². The van der Waals surface area contributed by atoms with Crippen LogP contribution in [0.3, 0.4) is 0 Å². The molecule has 3 nitrogen and oxygen atoms in total. The van der Waals surface area contributed by atoms with E-state index >= 15 is 0 Å². The molecular formula is C15H23NO2. The van der Waals surface area contributed by atoms with Crippen molar-refractivity contribution in [3.8, 4) is 0 Å². The Morgan fingerprint density at radius 2 is 1.78 bits per heavy atom. The predicted octanol–water partition coefficient (Wildman–Crippen LogP) is 2.21. The molecule has 3 N–H and O–H groups in total. The Balaban J connectivity index is 1.85. The van der Waals surface area contributed by atoms with E-state index in [1.54, 1.807) is 0 Å². The third-order valence-corrected chi connectivity index (χ3v) is 3.81. The summed E-state index contributed by atoms with van der Waals surface area (Å²) >= 11 is 0. The van der Waals surface area contributed by atoms with Gasteiger partial charge in [-0.25, -0.2) is 0 Å². The van der Waals surface area contributed by atoms with E-state index in [9.17, 15) is 0 Å². The minimum Gasteiger partial charge on any atom is -0.392 e. The van der Waals surface area contributed by atoms with Crippen LogP contribution in [0.1, 0.15) is 36.8 Å². The summed E-state index contributed by atoms with van der Waals surface area (Å²) in [6.07, 6.45) is 5.19. The number of hydrogen-bond acceptors (Lipinski definition) is 3. The molecule has 2 atom stereocenters. The SMILES string of the molecule is NCC1CCCCC1OCc1ccc(CO)cc1. The van der Waals surface area contributed by atoms with Crippen LogP contribution in [0.25, 0.3) is 0 Å². The van der Waals surface area contributed by atoms with Gasteiger partial charge in [-0.2, -0.15) is 0 Å². The van der Waals surface area contributed by atoms with Gasteiger partial charge in [0, 0.05) is 0 Å². The van der Waals surface area contributed by atoms with E-state index in [4.69, 9.17) is 15.6 Å². The Morgan fingerprint density at radius 3 is 2.44 bits per heavy atom. The van der Waals surface area contributed by atoms with Gasteiger partial charge in [-0.15, -0.1) is 0 Å². The van der Waals surface area contributed by atoms with Gasteiger partial charge >= 0.3 is 0 Å². The summed E-state index contributed by atoms with van der Waals surface area (Å²) in [5.74, 6) is 0.524. The topological polar surface area (TPSA) is 55.5 Å². The highest BCUT2D eigenvalue weighted by molar-refractivity contribution is 5.21. The monoisotopic (exact) mass is 249 g/mol. The summed E-state index contributed by atoms with van der Waals surface area (Å²) in [5, 5.41) is 8.98. The van der Waals surface area contributed by atoms with Crippen molar-refractivity contribution in [2.75, 3.05) is 6.54 Å². The Kier molecular flexibility index (Phi) is 5.17. The molecule has 0 heterocycles. The van der Waals surface area contributed by atoms with Crippen LogP contribution in [0.15, 0.2) is 24.3 Å². The third kappa shape index (κ3) is 3.55. The van der Waals surface area contributed by atoms with Crippen LogP contribution in [0, 0.1) is 5.92 Å². The second kappa shape index (κ2) is 6.88. The van der Waals surface area contributed by atoms with E-state index in [-0.39, 0.29) is 6.61 Å². The average molecular weight is 249 g/mol. The Labute approximate surface area is 109 Å². The molecule has 1 aromatic carbocycles. The van der Waals surface area contributed by atoms with Crippen molar-refractivity contribution in [3.05, 3.63) is 35.4 Å². The maximum absolute atomic E-state index is 8.98. The molecule has 0 aromatic heterocycles. The standard InChI is InChI=1S/C15H23NO2/c16-9-14-3-1-2-4-15(14)18-11-13-7-5-12(10-17)6-8-13/h5-8,14-15,17H,1-4,9-11,16H2. The average Bonchev–Trinajstić information content (AvgIpc) is 2.46. The van der Waals surface area contributed by atoms with E-state index in [0.29, 0.717) is 18.6 Å². The maximum Gasteiger partial charge on any atom is 0.0720 e. The maximum atomic E-state index is 8.98. The number of aliphatic hydroxyl groups is 1. The molecule has 0 amide bonds. The largest absolute Gasteiger partial charge is 0.392 e. The summed E-state index contributed by atoms with van der Waals surface area (Å²) in [6.45, 7) is 1.47. The van der Waals surface area contributed by atoms with Gasteiger partial charge in [0.2, 0.25) is 0 Å². The molecule has 1 saturated carbocycles. The highest BCUT2D eigenvalue weighted by Crippen LogP contribution is 2.26. The zero-order valence-electron chi connectivity index (χ0n) is 10.8. The molecule has 0 saturated heterocycles. The molecule has 0 radical (unpaired) electrons. The lowest BCUT2D eigenvalue weighted by atomic mass is 9.86. The number of benzene rings is 1. The minimum atomic E-state index is 0.0962. The van der Waals surface area contributed by atoms with Crippen LogP contribution < -0.4 is 5.73 Å². The highest BCUT2D eigenvalue weighted by atomic mass is 16.5. The molecule has 1 aromatic rings. The molecule has 0 spiro atoms. The molecule has 0 bridgehead atoms. The van der Waals surface area contributed by atoms with Gasteiger partial charge in [0.1, 0.15) is 0 Å². The molecule has 100 valence electrons. The van der Waals surface area contributed by atoms with Crippen LogP contribution in [-0.4, -0.2) is 17.8 Å². The number of aliphatic hydroxyl groups excluding tert-OH is 1. The lowest BCUT2D eigenvalue weighted by Crippen LogP contribution is -2.33.